The number of aromatic nitrogens is 1. The quantitative estimate of drug-likeness (QED) is 0.254. The van der Waals surface area contributed by atoms with E-state index in [0.717, 1.165) is 21.7 Å². The molecule has 1 aromatic heterocycles. The Morgan fingerprint density at radius 1 is 0.917 bits per heavy atom. The van der Waals surface area contributed by atoms with Gasteiger partial charge in [0, 0.05) is 29.8 Å². The number of rotatable bonds is 8. The maximum Gasteiger partial charge on any atom is 0.257 e. The predicted octanol–water partition coefficient (Wildman–Crippen LogP) is 6.50. The maximum atomic E-state index is 13.3. The average Bonchev–Trinajstić information content (AvgIpc) is 3.37. The van der Waals surface area contributed by atoms with Gasteiger partial charge in [0.1, 0.15) is 0 Å². The number of nitrogens with one attached hydrogen (secondary N) is 1. The van der Waals surface area contributed by atoms with Crippen molar-refractivity contribution in [3.63, 3.8) is 0 Å². The van der Waals surface area contributed by atoms with Crippen LogP contribution in [-0.2, 0) is 10.0 Å². The van der Waals surface area contributed by atoms with Crippen molar-refractivity contribution in [1.29, 1.82) is 0 Å². The molecule has 186 valence electrons. The summed E-state index contributed by atoms with van der Waals surface area (Å²) in [5, 5.41) is 5.79. The minimum atomic E-state index is -3.65. The summed E-state index contributed by atoms with van der Waals surface area (Å²) in [6, 6.07) is 18.5. The maximum absolute atomic E-state index is 13.3. The van der Waals surface area contributed by atoms with Crippen LogP contribution in [0.4, 0.5) is 5.13 Å². The van der Waals surface area contributed by atoms with Gasteiger partial charge in [0.15, 0.2) is 5.13 Å². The van der Waals surface area contributed by atoms with Crippen molar-refractivity contribution >= 4 is 43.2 Å². The number of fused-ring (bicyclic) bond motifs is 3. The van der Waals surface area contributed by atoms with Crippen LogP contribution in [0.15, 0.2) is 65.6 Å². The van der Waals surface area contributed by atoms with Crippen LogP contribution >= 0.6 is 11.3 Å². The summed E-state index contributed by atoms with van der Waals surface area (Å²) in [5.41, 5.74) is 3.49. The van der Waals surface area contributed by atoms with E-state index in [2.05, 4.69) is 29.6 Å². The van der Waals surface area contributed by atoms with Crippen molar-refractivity contribution in [2.24, 2.45) is 11.8 Å². The largest absolute Gasteiger partial charge is 0.298 e. The van der Waals surface area contributed by atoms with E-state index in [1.165, 1.54) is 38.5 Å². The van der Waals surface area contributed by atoms with Gasteiger partial charge in [0.2, 0.25) is 10.0 Å². The molecular formula is C28H29N3O3S2. The molecule has 0 fully saturated rings. The molecule has 8 heteroatoms. The number of carbonyl (C=O) groups excluding carboxylic acids is 1. The summed E-state index contributed by atoms with van der Waals surface area (Å²) < 4.78 is 28.0. The fraction of sp³-hybridized carbons (Fsp3) is 0.286. The zero-order valence-corrected chi connectivity index (χ0v) is 22.4. The summed E-state index contributed by atoms with van der Waals surface area (Å²) >= 11 is 1.45. The van der Waals surface area contributed by atoms with Crippen molar-refractivity contribution in [3.05, 3.63) is 66.2 Å². The number of anilines is 1. The van der Waals surface area contributed by atoms with Gasteiger partial charge in [-0.2, -0.15) is 4.31 Å². The zero-order valence-electron chi connectivity index (χ0n) is 20.8. The number of benzene rings is 3. The highest BCUT2D eigenvalue weighted by Gasteiger charge is 2.28. The third-order valence-electron chi connectivity index (χ3n) is 6.14. The minimum absolute atomic E-state index is 0.193. The van der Waals surface area contributed by atoms with E-state index in [9.17, 15) is 13.2 Å². The van der Waals surface area contributed by atoms with Crippen LogP contribution in [0.25, 0.3) is 32.5 Å². The van der Waals surface area contributed by atoms with Gasteiger partial charge in [-0.25, -0.2) is 13.4 Å². The molecule has 1 amide bonds. The lowest BCUT2D eigenvalue weighted by Crippen LogP contribution is -2.37. The van der Waals surface area contributed by atoms with Crippen LogP contribution in [-0.4, -0.2) is 36.7 Å². The first-order valence-electron chi connectivity index (χ1n) is 12.1. The number of hydrogen-bond acceptors (Lipinski definition) is 5. The van der Waals surface area contributed by atoms with Crippen LogP contribution in [0.3, 0.4) is 0 Å². The van der Waals surface area contributed by atoms with E-state index in [4.69, 9.17) is 4.98 Å². The molecule has 1 N–H and O–H groups in total. The summed E-state index contributed by atoms with van der Waals surface area (Å²) in [6.45, 7) is 8.92. The molecule has 36 heavy (non-hydrogen) atoms. The predicted molar refractivity (Wildman–Crippen MR) is 147 cm³/mol. The van der Waals surface area contributed by atoms with Crippen LogP contribution in [0.1, 0.15) is 38.1 Å². The number of amides is 1. The Morgan fingerprint density at radius 3 is 2.14 bits per heavy atom. The second-order valence-electron chi connectivity index (χ2n) is 9.99. The Hall–Kier alpha value is -3.07. The van der Waals surface area contributed by atoms with E-state index in [0.29, 0.717) is 23.8 Å². The van der Waals surface area contributed by atoms with E-state index < -0.39 is 10.0 Å². The van der Waals surface area contributed by atoms with Crippen molar-refractivity contribution in [2.45, 2.75) is 32.6 Å². The molecule has 0 saturated heterocycles. The Labute approximate surface area is 216 Å². The van der Waals surface area contributed by atoms with Crippen molar-refractivity contribution < 1.29 is 13.2 Å². The van der Waals surface area contributed by atoms with Gasteiger partial charge in [0.05, 0.1) is 15.5 Å². The van der Waals surface area contributed by atoms with Gasteiger partial charge < -0.3 is 0 Å². The van der Waals surface area contributed by atoms with E-state index in [-0.39, 0.29) is 22.6 Å². The third-order valence-corrected chi connectivity index (χ3v) is 8.99. The fourth-order valence-corrected chi connectivity index (χ4v) is 7.42. The standard InChI is InChI=1S/C28H29N3O3S2/c1-17(2)15-31(16-18(3)4)36(33,34)21-13-11-20(12-14-21)27(32)30-28-29-25-22-9-5-7-19-8-6-10-23(24(19)22)26(25)35-28/h5-14,17-18H,15-16H2,1-4H3,(H,29,30,32). The van der Waals surface area contributed by atoms with Crippen molar-refractivity contribution in [2.75, 3.05) is 18.4 Å². The molecule has 0 radical (unpaired) electrons. The van der Waals surface area contributed by atoms with Crippen LogP contribution in [0, 0.1) is 11.8 Å². The number of thiazole rings is 1. The molecule has 1 aliphatic rings. The Balaban J connectivity index is 1.35. The van der Waals surface area contributed by atoms with Crippen LogP contribution < -0.4 is 5.32 Å². The smallest absolute Gasteiger partial charge is 0.257 e. The first kappa shape index (κ1) is 24.6. The summed E-state index contributed by atoms with van der Waals surface area (Å²) in [6.07, 6.45) is 0. The number of hydrogen-bond donors (Lipinski definition) is 1. The van der Waals surface area contributed by atoms with Gasteiger partial charge in [-0.05, 0) is 46.9 Å². The lowest BCUT2D eigenvalue weighted by molar-refractivity contribution is 0.102. The normalized spacial score (nSPS) is 12.6. The van der Waals surface area contributed by atoms with Gasteiger partial charge in [0.25, 0.3) is 5.91 Å². The summed E-state index contributed by atoms with van der Waals surface area (Å²) in [7, 11) is -3.65. The lowest BCUT2D eigenvalue weighted by atomic mass is 10.0. The molecule has 1 heterocycles. The number of nitrogens with zero attached hydrogens (tertiary/aromatic N) is 2. The van der Waals surface area contributed by atoms with Crippen molar-refractivity contribution in [1.82, 2.24) is 9.29 Å². The highest BCUT2D eigenvalue weighted by molar-refractivity contribution is 7.89. The SMILES string of the molecule is CC(C)CN(CC(C)C)S(=O)(=O)c1ccc(C(=O)Nc2nc3c(s2)-c2cccc4cccc-3c24)cc1. The fourth-order valence-electron chi connectivity index (χ4n) is 4.65. The third kappa shape index (κ3) is 4.45. The Morgan fingerprint density at radius 2 is 1.53 bits per heavy atom. The molecule has 3 aromatic carbocycles. The number of carbonyl (C=O) groups is 1. The summed E-state index contributed by atoms with van der Waals surface area (Å²) in [4.78, 5) is 18.9. The van der Waals surface area contributed by atoms with Crippen LogP contribution in [0.2, 0.25) is 0 Å². The van der Waals surface area contributed by atoms with Crippen molar-refractivity contribution in [3.8, 4) is 21.7 Å². The molecule has 0 saturated carbocycles. The molecule has 6 nitrogen and oxygen atoms in total. The lowest BCUT2D eigenvalue weighted by Gasteiger charge is -2.25. The van der Waals surface area contributed by atoms with Crippen LogP contribution in [0.5, 0.6) is 0 Å². The molecular weight excluding hydrogens is 490 g/mol. The second-order valence-corrected chi connectivity index (χ2v) is 12.9. The molecule has 1 aliphatic carbocycles. The monoisotopic (exact) mass is 519 g/mol. The topological polar surface area (TPSA) is 79.4 Å². The van der Waals surface area contributed by atoms with E-state index >= 15 is 0 Å². The molecule has 0 aliphatic heterocycles. The molecule has 0 atom stereocenters. The van der Waals surface area contributed by atoms with Gasteiger partial charge >= 0.3 is 0 Å². The van der Waals surface area contributed by atoms with Gasteiger partial charge in [-0.3, -0.25) is 10.1 Å². The Bertz CT molecular complexity index is 1490. The molecule has 0 bridgehead atoms. The molecule has 4 aromatic rings. The Kier molecular flexibility index (Phi) is 6.44. The highest BCUT2D eigenvalue weighted by Crippen LogP contribution is 2.50. The summed E-state index contributed by atoms with van der Waals surface area (Å²) in [5.74, 6) is 0.101. The minimum Gasteiger partial charge on any atom is -0.298 e. The number of sulfonamides is 1. The molecule has 5 rings (SSSR count). The molecule has 0 spiro atoms. The van der Waals surface area contributed by atoms with Gasteiger partial charge in [-0.1, -0.05) is 75.4 Å². The zero-order chi connectivity index (χ0) is 25.6. The van der Waals surface area contributed by atoms with E-state index in [1.807, 2.05) is 39.8 Å². The molecule has 0 unspecified atom stereocenters. The first-order valence-corrected chi connectivity index (χ1v) is 14.4. The second kappa shape index (κ2) is 9.42. The average molecular weight is 520 g/mol. The van der Waals surface area contributed by atoms with E-state index in [1.54, 1.807) is 12.1 Å². The first-order chi connectivity index (χ1) is 17.1. The highest BCUT2D eigenvalue weighted by atomic mass is 32.2. The van der Waals surface area contributed by atoms with Gasteiger partial charge in [-0.15, -0.1) is 0 Å².